The van der Waals surface area contributed by atoms with Crippen LogP contribution in [-0.4, -0.2) is 50.4 Å². The molecule has 10 heteroatoms. The van der Waals surface area contributed by atoms with E-state index in [0.717, 1.165) is 48.7 Å². The number of rotatable bonds is 5. The molecule has 0 bridgehead atoms. The number of nitrogens with zero attached hydrogens (tertiary/aromatic N) is 4. The Morgan fingerprint density at radius 3 is 2.58 bits per heavy atom. The van der Waals surface area contributed by atoms with Crippen molar-refractivity contribution in [1.82, 2.24) is 19.6 Å². The molecule has 2 aromatic heterocycles. The summed E-state index contributed by atoms with van der Waals surface area (Å²) in [6.07, 6.45) is 7.34. The zero-order valence-electron chi connectivity index (χ0n) is 22.1. The average Bonchev–Trinajstić information content (AvgIpc) is 3.45. The van der Waals surface area contributed by atoms with Crippen LogP contribution in [0.2, 0.25) is 0 Å². The van der Waals surface area contributed by atoms with E-state index < -0.39 is 7.12 Å². The number of anilines is 1. The number of hydrogen-bond donors (Lipinski definition) is 1. The molecule has 0 saturated carbocycles. The maximum Gasteiger partial charge on any atom is 0.494 e. The Hall–Kier alpha value is -2.69. The van der Waals surface area contributed by atoms with Crippen LogP contribution >= 0.6 is 0 Å². The van der Waals surface area contributed by atoms with Crippen LogP contribution in [0.1, 0.15) is 90.0 Å². The smallest absolute Gasteiger partial charge is 0.402 e. The normalized spacial score (nSPS) is 21.8. The number of fused-ring (bicyclic) bond motifs is 1. The maximum absolute atomic E-state index is 13.4. The number of ether oxygens (including phenoxy) is 1. The van der Waals surface area contributed by atoms with Gasteiger partial charge in [0.2, 0.25) is 0 Å². The molecule has 0 aliphatic carbocycles. The van der Waals surface area contributed by atoms with E-state index in [-0.39, 0.29) is 29.4 Å². The largest absolute Gasteiger partial charge is 0.494 e. The first-order chi connectivity index (χ1) is 17.0. The molecule has 4 heterocycles. The zero-order valence-corrected chi connectivity index (χ0v) is 22.1. The van der Waals surface area contributed by atoms with Gasteiger partial charge in [-0.05, 0) is 84.5 Å². The molecule has 0 radical (unpaired) electrons. The molecule has 192 valence electrons. The molecule has 36 heavy (non-hydrogen) atoms. The number of aromatic nitrogens is 4. The second-order valence-electron chi connectivity index (χ2n) is 11.4. The van der Waals surface area contributed by atoms with Gasteiger partial charge in [-0.3, -0.25) is 9.48 Å². The van der Waals surface area contributed by atoms with Crippen molar-refractivity contribution in [3.8, 4) is 0 Å². The lowest BCUT2D eigenvalue weighted by Gasteiger charge is -2.44. The molecule has 1 amide bonds. The molecule has 5 rings (SSSR count). The van der Waals surface area contributed by atoms with Gasteiger partial charge in [-0.15, -0.1) is 0 Å². The van der Waals surface area contributed by atoms with E-state index in [0.29, 0.717) is 11.4 Å². The van der Waals surface area contributed by atoms with E-state index in [4.69, 9.17) is 19.1 Å². The number of carbonyl (C=O) groups excluding carboxylic acids is 1. The summed E-state index contributed by atoms with van der Waals surface area (Å²) in [5, 5.41) is 13.1. The zero-order chi connectivity index (χ0) is 25.7. The summed E-state index contributed by atoms with van der Waals surface area (Å²) < 4.78 is 22.2. The fourth-order valence-electron chi connectivity index (χ4n) is 5.42. The van der Waals surface area contributed by atoms with Crippen molar-refractivity contribution < 1.29 is 18.8 Å². The van der Waals surface area contributed by atoms with Crippen LogP contribution in [-0.2, 0) is 14.0 Å². The van der Waals surface area contributed by atoms with Crippen LogP contribution in [0.4, 0.5) is 5.69 Å². The molecular formula is C26H36BN5O4. The minimum atomic E-state index is -0.582. The van der Waals surface area contributed by atoms with Gasteiger partial charge in [-0.2, -0.15) is 10.2 Å². The van der Waals surface area contributed by atoms with E-state index in [2.05, 4.69) is 38.1 Å². The fraction of sp³-hybridized carbons (Fsp3) is 0.577. The lowest BCUT2D eigenvalue weighted by molar-refractivity contribution is -0.0716. The monoisotopic (exact) mass is 493 g/mol. The standard InChI is InChI=1S/C26H36BN5O4/c1-17(2)32-22(10-11-28-32)24(33)29-20-13-18(27-35-25(3,4)16-26(5,6)36-27)14-21-19(20)15-31(30-21)23-9-7-8-12-34-23/h10-11,13-15,17,23H,7-9,12,16H2,1-6H3,(H,29,33). The van der Waals surface area contributed by atoms with Gasteiger partial charge in [-0.25, -0.2) is 4.68 Å². The van der Waals surface area contributed by atoms with Crippen molar-refractivity contribution in [2.45, 2.75) is 90.7 Å². The van der Waals surface area contributed by atoms with E-state index in [9.17, 15) is 4.79 Å². The van der Waals surface area contributed by atoms with Gasteiger partial charge in [-0.1, -0.05) is 0 Å². The van der Waals surface area contributed by atoms with E-state index >= 15 is 0 Å². The molecule has 1 unspecified atom stereocenters. The number of nitrogens with one attached hydrogen (secondary N) is 1. The summed E-state index contributed by atoms with van der Waals surface area (Å²) in [6, 6.07) is 5.72. The van der Waals surface area contributed by atoms with Gasteiger partial charge in [0.25, 0.3) is 5.91 Å². The van der Waals surface area contributed by atoms with Crippen LogP contribution in [0.25, 0.3) is 10.9 Å². The lowest BCUT2D eigenvalue weighted by Crippen LogP contribution is -2.56. The van der Waals surface area contributed by atoms with Gasteiger partial charge in [0.1, 0.15) is 11.9 Å². The first-order valence-corrected chi connectivity index (χ1v) is 12.9. The SMILES string of the molecule is CC(C)n1nccc1C(=O)Nc1cc(B2OC(C)(C)CC(C)(C)O2)cc2nn(C3CCCCO3)cc12. The highest BCUT2D eigenvalue weighted by Crippen LogP contribution is 2.34. The number of benzene rings is 1. The molecule has 1 atom stereocenters. The van der Waals surface area contributed by atoms with Gasteiger partial charge >= 0.3 is 7.12 Å². The van der Waals surface area contributed by atoms with Crippen molar-refractivity contribution in [3.63, 3.8) is 0 Å². The van der Waals surface area contributed by atoms with Crippen LogP contribution in [0, 0.1) is 0 Å². The van der Waals surface area contributed by atoms with Gasteiger partial charge in [0, 0.05) is 36.8 Å². The Morgan fingerprint density at radius 2 is 1.92 bits per heavy atom. The molecule has 2 aliphatic heterocycles. The highest BCUT2D eigenvalue weighted by Gasteiger charge is 2.44. The lowest BCUT2D eigenvalue weighted by atomic mass is 9.72. The van der Waals surface area contributed by atoms with Gasteiger partial charge < -0.3 is 19.4 Å². The first kappa shape index (κ1) is 25.0. The Balaban J connectivity index is 1.56. The van der Waals surface area contributed by atoms with Crippen molar-refractivity contribution in [1.29, 1.82) is 0 Å². The molecule has 0 spiro atoms. The quantitative estimate of drug-likeness (QED) is 0.528. The van der Waals surface area contributed by atoms with Crippen molar-refractivity contribution in [3.05, 3.63) is 36.3 Å². The summed E-state index contributed by atoms with van der Waals surface area (Å²) in [5.74, 6) is -0.229. The Morgan fingerprint density at radius 1 is 1.17 bits per heavy atom. The predicted molar refractivity (Wildman–Crippen MR) is 139 cm³/mol. The Kier molecular flexibility index (Phi) is 6.47. The summed E-state index contributed by atoms with van der Waals surface area (Å²) in [4.78, 5) is 13.4. The first-order valence-electron chi connectivity index (χ1n) is 12.9. The third kappa shape index (κ3) is 5.07. The molecule has 2 saturated heterocycles. The summed E-state index contributed by atoms with van der Waals surface area (Å²) in [6.45, 7) is 13.0. The van der Waals surface area contributed by atoms with E-state index in [1.807, 2.05) is 36.9 Å². The minimum absolute atomic E-state index is 0.0619. The third-order valence-corrected chi connectivity index (χ3v) is 6.73. The number of amides is 1. The number of carbonyl (C=O) groups is 1. The Bertz CT molecular complexity index is 1240. The average molecular weight is 493 g/mol. The summed E-state index contributed by atoms with van der Waals surface area (Å²) >= 11 is 0. The second-order valence-corrected chi connectivity index (χ2v) is 11.4. The molecule has 9 nitrogen and oxygen atoms in total. The van der Waals surface area contributed by atoms with Gasteiger partial charge in [0.15, 0.2) is 0 Å². The number of hydrogen-bond acceptors (Lipinski definition) is 6. The van der Waals surface area contributed by atoms with Crippen LogP contribution < -0.4 is 10.8 Å². The summed E-state index contributed by atoms with van der Waals surface area (Å²) in [5.41, 5.74) is 2.00. The fourth-order valence-corrected chi connectivity index (χ4v) is 5.42. The van der Waals surface area contributed by atoms with Crippen molar-refractivity contribution in [2.75, 3.05) is 11.9 Å². The highest BCUT2D eigenvalue weighted by molar-refractivity contribution is 6.62. The molecule has 1 N–H and O–H groups in total. The minimum Gasteiger partial charge on any atom is -0.402 e. The van der Waals surface area contributed by atoms with Crippen LogP contribution in [0.3, 0.4) is 0 Å². The van der Waals surface area contributed by atoms with Crippen molar-refractivity contribution >= 4 is 35.1 Å². The van der Waals surface area contributed by atoms with Crippen LogP contribution in [0.15, 0.2) is 30.6 Å². The summed E-state index contributed by atoms with van der Waals surface area (Å²) in [7, 11) is -0.582. The Labute approximate surface area is 212 Å². The second kappa shape index (κ2) is 9.32. The maximum atomic E-state index is 13.4. The molecule has 2 aliphatic rings. The third-order valence-electron chi connectivity index (χ3n) is 6.73. The molecule has 1 aromatic carbocycles. The predicted octanol–water partition coefficient (Wildman–Crippen LogP) is 4.45. The molecular weight excluding hydrogens is 457 g/mol. The molecule has 2 fully saturated rings. The van der Waals surface area contributed by atoms with Crippen molar-refractivity contribution in [2.24, 2.45) is 0 Å². The van der Waals surface area contributed by atoms with Gasteiger partial charge in [0.05, 0.1) is 22.4 Å². The topological polar surface area (TPSA) is 92.4 Å². The van der Waals surface area contributed by atoms with E-state index in [1.165, 1.54) is 0 Å². The highest BCUT2D eigenvalue weighted by atomic mass is 16.6. The van der Waals surface area contributed by atoms with E-state index in [1.54, 1.807) is 16.9 Å². The van der Waals surface area contributed by atoms with Crippen LogP contribution in [0.5, 0.6) is 0 Å². The molecule has 3 aromatic rings.